The van der Waals surface area contributed by atoms with E-state index < -0.39 is 0 Å². The fourth-order valence-corrected chi connectivity index (χ4v) is 3.14. The van der Waals surface area contributed by atoms with Crippen LogP contribution in [0.5, 0.6) is 11.5 Å². The number of rotatable bonds is 8. The summed E-state index contributed by atoms with van der Waals surface area (Å²) < 4.78 is 11.1. The third-order valence-corrected chi connectivity index (χ3v) is 4.21. The molecule has 0 aliphatic rings. The number of methoxy groups -OCH3 is 2. The smallest absolute Gasteiger partial charge is 0.127 e. The van der Waals surface area contributed by atoms with Gasteiger partial charge >= 0.3 is 0 Å². The molecule has 0 saturated heterocycles. The fraction of sp³-hybridized carbons (Fsp3) is 0.412. The van der Waals surface area contributed by atoms with Gasteiger partial charge in [0.05, 0.1) is 19.8 Å². The molecule has 1 atom stereocenters. The van der Waals surface area contributed by atoms with Gasteiger partial charge in [-0.2, -0.15) is 11.3 Å². The van der Waals surface area contributed by atoms with Crippen molar-refractivity contribution in [3.05, 3.63) is 46.2 Å². The zero-order valence-electron chi connectivity index (χ0n) is 12.9. The summed E-state index contributed by atoms with van der Waals surface area (Å²) in [6.07, 6.45) is 2.03. The standard InChI is InChI=1S/C17H23NO2S/c1-4-9-18-14(11-13-8-10-21-12-13)17-15(19-2)6-5-7-16(17)20-3/h5-8,10,12,14,18H,4,9,11H2,1-3H3. The molecule has 0 saturated carbocycles. The number of benzene rings is 1. The van der Waals surface area contributed by atoms with E-state index in [1.54, 1.807) is 25.6 Å². The number of nitrogens with one attached hydrogen (secondary N) is 1. The molecule has 3 nitrogen and oxygen atoms in total. The van der Waals surface area contributed by atoms with E-state index in [4.69, 9.17) is 9.47 Å². The summed E-state index contributed by atoms with van der Waals surface area (Å²) in [5, 5.41) is 7.93. The highest BCUT2D eigenvalue weighted by atomic mass is 32.1. The molecular formula is C17H23NO2S. The Labute approximate surface area is 130 Å². The van der Waals surface area contributed by atoms with E-state index in [1.807, 2.05) is 18.2 Å². The molecule has 1 N–H and O–H groups in total. The first kappa shape index (κ1) is 15.9. The molecule has 0 bridgehead atoms. The zero-order valence-corrected chi connectivity index (χ0v) is 13.7. The predicted octanol–water partition coefficient (Wildman–Crippen LogP) is 4.05. The maximum absolute atomic E-state index is 5.55. The lowest BCUT2D eigenvalue weighted by Crippen LogP contribution is -2.25. The second-order valence-corrected chi connectivity index (χ2v) is 5.70. The van der Waals surface area contributed by atoms with Gasteiger partial charge < -0.3 is 14.8 Å². The molecule has 4 heteroatoms. The lowest BCUT2D eigenvalue weighted by Gasteiger charge is -2.23. The molecule has 1 unspecified atom stereocenters. The molecule has 0 fully saturated rings. The Kier molecular flexibility index (Phi) is 6.08. The van der Waals surface area contributed by atoms with Crippen LogP contribution in [0, 0.1) is 0 Å². The van der Waals surface area contributed by atoms with E-state index in [0.29, 0.717) is 0 Å². The van der Waals surface area contributed by atoms with Gasteiger partial charge in [0.1, 0.15) is 11.5 Å². The Morgan fingerprint density at radius 3 is 2.38 bits per heavy atom. The van der Waals surface area contributed by atoms with Gasteiger partial charge in [-0.1, -0.05) is 13.0 Å². The van der Waals surface area contributed by atoms with E-state index in [0.717, 1.165) is 36.4 Å². The molecule has 21 heavy (non-hydrogen) atoms. The fourth-order valence-electron chi connectivity index (χ4n) is 2.46. The third kappa shape index (κ3) is 3.99. The van der Waals surface area contributed by atoms with Crippen LogP contribution in [0.15, 0.2) is 35.0 Å². The summed E-state index contributed by atoms with van der Waals surface area (Å²) in [4.78, 5) is 0. The Morgan fingerprint density at radius 2 is 1.86 bits per heavy atom. The summed E-state index contributed by atoms with van der Waals surface area (Å²) in [5.74, 6) is 1.75. The highest BCUT2D eigenvalue weighted by Crippen LogP contribution is 2.35. The maximum atomic E-state index is 5.55. The second kappa shape index (κ2) is 8.05. The summed E-state index contributed by atoms with van der Waals surface area (Å²) in [6, 6.07) is 8.30. The predicted molar refractivity (Wildman–Crippen MR) is 88.6 cm³/mol. The van der Waals surface area contributed by atoms with Crippen molar-refractivity contribution in [2.24, 2.45) is 0 Å². The van der Waals surface area contributed by atoms with Gasteiger partial charge in [0.2, 0.25) is 0 Å². The average Bonchev–Trinajstić information content (AvgIpc) is 3.03. The molecule has 1 aromatic heterocycles. The largest absolute Gasteiger partial charge is 0.496 e. The normalized spacial score (nSPS) is 12.1. The molecule has 2 aromatic rings. The van der Waals surface area contributed by atoms with Crippen molar-refractivity contribution in [2.45, 2.75) is 25.8 Å². The Bertz CT molecular complexity index is 517. The molecule has 0 aliphatic carbocycles. The molecule has 0 aliphatic heterocycles. The van der Waals surface area contributed by atoms with E-state index >= 15 is 0 Å². The Hall–Kier alpha value is -1.52. The summed E-state index contributed by atoms with van der Waals surface area (Å²) in [5.41, 5.74) is 2.43. The first-order valence-corrected chi connectivity index (χ1v) is 8.19. The topological polar surface area (TPSA) is 30.5 Å². The number of thiophene rings is 1. The quantitative estimate of drug-likeness (QED) is 0.798. The minimum Gasteiger partial charge on any atom is -0.496 e. The molecule has 0 amide bonds. The van der Waals surface area contributed by atoms with Gasteiger partial charge in [-0.05, 0) is 53.9 Å². The van der Waals surface area contributed by atoms with Crippen molar-refractivity contribution >= 4 is 11.3 Å². The average molecular weight is 305 g/mol. The van der Waals surface area contributed by atoms with Crippen LogP contribution in [-0.2, 0) is 6.42 Å². The first-order chi connectivity index (χ1) is 10.3. The molecule has 1 heterocycles. The van der Waals surface area contributed by atoms with Crippen molar-refractivity contribution in [2.75, 3.05) is 20.8 Å². The van der Waals surface area contributed by atoms with Gasteiger partial charge in [-0.25, -0.2) is 0 Å². The third-order valence-electron chi connectivity index (χ3n) is 3.48. The lowest BCUT2D eigenvalue weighted by molar-refractivity contribution is 0.369. The molecule has 114 valence electrons. The van der Waals surface area contributed by atoms with Crippen molar-refractivity contribution in [3.63, 3.8) is 0 Å². The van der Waals surface area contributed by atoms with Gasteiger partial charge in [-0.15, -0.1) is 0 Å². The van der Waals surface area contributed by atoms with Crippen LogP contribution >= 0.6 is 11.3 Å². The first-order valence-electron chi connectivity index (χ1n) is 7.25. The van der Waals surface area contributed by atoms with E-state index in [2.05, 4.69) is 29.1 Å². The van der Waals surface area contributed by atoms with Crippen molar-refractivity contribution < 1.29 is 9.47 Å². The summed E-state index contributed by atoms with van der Waals surface area (Å²) in [6.45, 7) is 3.14. The molecule has 1 aromatic carbocycles. The van der Waals surface area contributed by atoms with Crippen molar-refractivity contribution in [1.82, 2.24) is 5.32 Å². The van der Waals surface area contributed by atoms with Crippen LogP contribution in [0.2, 0.25) is 0 Å². The lowest BCUT2D eigenvalue weighted by atomic mass is 9.98. The van der Waals surface area contributed by atoms with Gasteiger partial charge in [-0.3, -0.25) is 0 Å². The highest BCUT2D eigenvalue weighted by Gasteiger charge is 2.21. The highest BCUT2D eigenvalue weighted by molar-refractivity contribution is 7.07. The van der Waals surface area contributed by atoms with Crippen LogP contribution in [0.1, 0.15) is 30.5 Å². The van der Waals surface area contributed by atoms with Crippen molar-refractivity contribution in [1.29, 1.82) is 0 Å². The molecular weight excluding hydrogens is 282 g/mol. The Balaban J connectivity index is 2.34. The SMILES string of the molecule is CCCNC(Cc1ccsc1)c1c(OC)cccc1OC. The van der Waals surface area contributed by atoms with Gasteiger partial charge in [0.15, 0.2) is 0 Å². The number of hydrogen-bond donors (Lipinski definition) is 1. The zero-order chi connectivity index (χ0) is 15.1. The summed E-state index contributed by atoms with van der Waals surface area (Å²) in [7, 11) is 3.42. The van der Waals surface area contributed by atoms with E-state index in [-0.39, 0.29) is 6.04 Å². The molecule has 0 radical (unpaired) electrons. The van der Waals surface area contributed by atoms with E-state index in [1.165, 1.54) is 5.56 Å². The maximum Gasteiger partial charge on any atom is 0.127 e. The van der Waals surface area contributed by atoms with Crippen LogP contribution in [0.25, 0.3) is 0 Å². The van der Waals surface area contributed by atoms with Crippen molar-refractivity contribution in [3.8, 4) is 11.5 Å². The summed E-state index contributed by atoms with van der Waals surface area (Å²) >= 11 is 1.73. The molecule has 0 spiro atoms. The monoisotopic (exact) mass is 305 g/mol. The van der Waals surface area contributed by atoms with Crippen LogP contribution in [0.3, 0.4) is 0 Å². The van der Waals surface area contributed by atoms with E-state index in [9.17, 15) is 0 Å². The minimum absolute atomic E-state index is 0.186. The van der Waals surface area contributed by atoms with Gasteiger partial charge in [0.25, 0.3) is 0 Å². The minimum atomic E-state index is 0.186. The van der Waals surface area contributed by atoms with Gasteiger partial charge in [0, 0.05) is 6.04 Å². The number of hydrogen-bond acceptors (Lipinski definition) is 4. The number of ether oxygens (including phenoxy) is 2. The second-order valence-electron chi connectivity index (χ2n) is 4.92. The van der Waals surface area contributed by atoms with Crippen LogP contribution in [0.4, 0.5) is 0 Å². The van der Waals surface area contributed by atoms with Crippen LogP contribution < -0.4 is 14.8 Å². The molecule has 2 rings (SSSR count). The Morgan fingerprint density at radius 1 is 1.14 bits per heavy atom. The van der Waals surface area contributed by atoms with Crippen LogP contribution in [-0.4, -0.2) is 20.8 Å².